The van der Waals surface area contributed by atoms with Gasteiger partial charge >= 0.3 is 0 Å². The van der Waals surface area contributed by atoms with E-state index in [4.69, 9.17) is 10.5 Å². The monoisotopic (exact) mass is 278 g/mol. The molecule has 1 atom stereocenters. The molecule has 1 aromatic carbocycles. The van der Waals surface area contributed by atoms with Crippen molar-refractivity contribution in [3.8, 4) is 5.75 Å². The summed E-state index contributed by atoms with van der Waals surface area (Å²) in [5.74, 6) is 0.211. The van der Waals surface area contributed by atoms with Crippen molar-refractivity contribution in [2.45, 2.75) is 31.4 Å². The maximum Gasteiger partial charge on any atom is 0.239 e. The second kappa shape index (κ2) is 6.72. The number of aromatic hydroxyl groups is 1. The molecule has 0 spiro atoms. The number of benzene rings is 1. The van der Waals surface area contributed by atoms with Gasteiger partial charge in [-0.25, -0.2) is 0 Å². The number of piperidine rings is 1. The van der Waals surface area contributed by atoms with Crippen molar-refractivity contribution in [1.82, 2.24) is 4.90 Å². The normalized spacial score (nSPS) is 18.0. The van der Waals surface area contributed by atoms with Crippen LogP contribution in [0.4, 0.5) is 0 Å². The molecule has 1 amide bonds. The summed E-state index contributed by atoms with van der Waals surface area (Å²) in [5, 5.41) is 9.23. The summed E-state index contributed by atoms with van der Waals surface area (Å²) in [6.45, 7) is 1.42. The molecule has 1 aliphatic rings. The number of phenolic OH excluding ortho intramolecular Hbond substituents is 1. The number of phenols is 1. The van der Waals surface area contributed by atoms with Gasteiger partial charge < -0.3 is 20.5 Å². The largest absolute Gasteiger partial charge is 0.508 e. The highest BCUT2D eigenvalue weighted by atomic mass is 16.5. The van der Waals surface area contributed by atoms with Crippen LogP contribution in [-0.2, 0) is 16.0 Å². The molecule has 1 aliphatic heterocycles. The lowest BCUT2D eigenvalue weighted by molar-refractivity contribution is -0.134. The molecule has 0 unspecified atom stereocenters. The number of likely N-dealkylation sites (tertiary alicyclic amines) is 1. The zero-order chi connectivity index (χ0) is 14.5. The summed E-state index contributed by atoms with van der Waals surface area (Å²) in [5.41, 5.74) is 6.95. The van der Waals surface area contributed by atoms with Gasteiger partial charge in [-0.3, -0.25) is 4.79 Å². The number of ether oxygens (including phenoxy) is 1. The maximum absolute atomic E-state index is 12.3. The fraction of sp³-hybridized carbons (Fsp3) is 0.533. The highest BCUT2D eigenvalue weighted by Gasteiger charge is 2.26. The van der Waals surface area contributed by atoms with Gasteiger partial charge in [-0.05, 0) is 37.0 Å². The fourth-order valence-electron chi connectivity index (χ4n) is 2.52. The van der Waals surface area contributed by atoms with Crippen LogP contribution in [0, 0.1) is 0 Å². The molecule has 20 heavy (non-hydrogen) atoms. The van der Waals surface area contributed by atoms with Crippen molar-refractivity contribution in [2.75, 3.05) is 20.2 Å². The van der Waals surface area contributed by atoms with E-state index in [-0.39, 0.29) is 17.8 Å². The standard InChI is InChI=1S/C15H22N2O3/c1-20-13-6-8-17(9-7-13)15(19)14(16)10-11-2-4-12(18)5-3-11/h2-5,13-14,18H,6-10,16H2,1H3/t14-/m0/s1. The minimum Gasteiger partial charge on any atom is -0.508 e. The Balaban J connectivity index is 1.87. The van der Waals surface area contributed by atoms with E-state index in [0.717, 1.165) is 18.4 Å². The van der Waals surface area contributed by atoms with Gasteiger partial charge in [-0.2, -0.15) is 0 Å². The number of nitrogens with zero attached hydrogens (tertiary/aromatic N) is 1. The molecule has 1 saturated heterocycles. The highest BCUT2D eigenvalue weighted by molar-refractivity contribution is 5.82. The van der Waals surface area contributed by atoms with Gasteiger partial charge in [-0.1, -0.05) is 12.1 Å². The first-order chi connectivity index (χ1) is 9.60. The number of carbonyl (C=O) groups is 1. The molecule has 3 N–H and O–H groups in total. The van der Waals surface area contributed by atoms with E-state index in [2.05, 4.69) is 0 Å². The quantitative estimate of drug-likeness (QED) is 0.858. The van der Waals surface area contributed by atoms with E-state index >= 15 is 0 Å². The number of methoxy groups -OCH3 is 1. The number of amides is 1. The van der Waals surface area contributed by atoms with Crippen LogP contribution in [0.5, 0.6) is 5.75 Å². The third-order valence-electron chi connectivity index (χ3n) is 3.80. The first-order valence-electron chi connectivity index (χ1n) is 6.95. The highest BCUT2D eigenvalue weighted by Crippen LogP contribution is 2.15. The van der Waals surface area contributed by atoms with Crippen LogP contribution in [0.2, 0.25) is 0 Å². The Hall–Kier alpha value is -1.59. The lowest BCUT2D eigenvalue weighted by atomic mass is 10.0. The maximum atomic E-state index is 12.3. The van der Waals surface area contributed by atoms with E-state index in [0.29, 0.717) is 19.5 Å². The first kappa shape index (κ1) is 14.8. The van der Waals surface area contributed by atoms with Crippen LogP contribution in [-0.4, -0.2) is 48.3 Å². The van der Waals surface area contributed by atoms with Crippen molar-refractivity contribution in [2.24, 2.45) is 5.73 Å². The first-order valence-corrected chi connectivity index (χ1v) is 6.95. The van der Waals surface area contributed by atoms with Crippen LogP contribution in [0.1, 0.15) is 18.4 Å². The molecule has 0 radical (unpaired) electrons. The molecule has 1 fully saturated rings. The second-order valence-electron chi connectivity index (χ2n) is 5.24. The summed E-state index contributed by atoms with van der Waals surface area (Å²) >= 11 is 0. The van der Waals surface area contributed by atoms with Gasteiger partial charge in [-0.15, -0.1) is 0 Å². The van der Waals surface area contributed by atoms with Crippen LogP contribution in [0.3, 0.4) is 0 Å². The predicted octanol–water partition coefficient (Wildman–Crippen LogP) is 0.899. The van der Waals surface area contributed by atoms with Gasteiger partial charge in [0.25, 0.3) is 0 Å². The van der Waals surface area contributed by atoms with E-state index in [1.54, 1.807) is 31.4 Å². The molecule has 0 bridgehead atoms. The third-order valence-corrected chi connectivity index (χ3v) is 3.80. The fourth-order valence-corrected chi connectivity index (χ4v) is 2.52. The van der Waals surface area contributed by atoms with E-state index < -0.39 is 6.04 Å². The minimum atomic E-state index is -0.529. The van der Waals surface area contributed by atoms with Crippen molar-refractivity contribution in [3.63, 3.8) is 0 Å². The molecule has 5 heteroatoms. The van der Waals surface area contributed by atoms with Crippen molar-refractivity contribution >= 4 is 5.91 Å². The van der Waals surface area contributed by atoms with E-state index in [1.807, 2.05) is 4.90 Å². The number of nitrogens with two attached hydrogens (primary N) is 1. The molecule has 0 saturated carbocycles. The van der Waals surface area contributed by atoms with E-state index in [9.17, 15) is 9.90 Å². The van der Waals surface area contributed by atoms with Crippen LogP contribution in [0.25, 0.3) is 0 Å². The molecule has 2 rings (SSSR count). The average Bonchev–Trinajstić information content (AvgIpc) is 2.49. The molecule has 0 aliphatic carbocycles. The van der Waals surface area contributed by atoms with Crippen molar-refractivity contribution < 1.29 is 14.6 Å². The second-order valence-corrected chi connectivity index (χ2v) is 5.24. The Labute approximate surface area is 119 Å². The molecular formula is C15H22N2O3. The molecule has 1 heterocycles. The van der Waals surface area contributed by atoms with Gasteiger partial charge in [0.1, 0.15) is 5.75 Å². The van der Waals surface area contributed by atoms with Crippen LogP contribution in [0.15, 0.2) is 24.3 Å². The summed E-state index contributed by atoms with van der Waals surface area (Å²) in [6, 6.07) is 6.27. The van der Waals surface area contributed by atoms with Gasteiger partial charge in [0.15, 0.2) is 0 Å². The van der Waals surface area contributed by atoms with Gasteiger partial charge in [0, 0.05) is 20.2 Å². The van der Waals surface area contributed by atoms with E-state index in [1.165, 1.54) is 0 Å². The van der Waals surface area contributed by atoms with Crippen molar-refractivity contribution in [3.05, 3.63) is 29.8 Å². The Kier molecular flexibility index (Phi) is 4.98. The lowest BCUT2D eigenvalue weighted by Gasteiger charge is -2.32. The van der Waals surface area contributed by atoms with Crippen LogP contribution >= 0.6 is 0 Å². The van der Waals surface area contributed by atoms with Gasteiger partial charge in [0.05, 0.1) is 12.1 Å². The number of hydrogen-bond donors (Lipinski definition) is 2. The molecule has 0 aromatic heterocycles. The van der Waals surface area contributed by atoms with Crippen molar-refractivity contribution in [1.29, 1.82) is 0 Å². The zero-order valence-electron chi connectivity index (χ0n) is 11.8. The topological polar surface area (TPSA) is 75.8 Å². The summed E-state index contributed by atoms with van der Waals surface area (Å²) < 4.78 is 5.29. The molecule has 110 valence electrons. The summed E-state index contributed by atoms with van der Waals surface area (Å²) in [4.78, 5) is 14.1. The minimum absolute atomic E-state index is 0.00683. The smallest absolute Gasteiger partial charge is 0.239 e. The predicted molar refractivity (Wildman–Crippen MR) is 76.4 cm³/mol. The number of rotatable bonds is 4. The molecule has 5 nitrogen and oxygen atoms in total. The third kappa shape index (κ3) is 3.71. The Morgan fingerprint density at radius 1 is 1.40 bits per heavy atom. The molecule has 1 aromatic rings. The summed E-state index contributed by atoms with van der Waals surface area (Å²) in [6.07, 6.45) is 2.48. The zero-order valence-corrected chi connectivity index (χ0v) is 11.8. The molecular weight excluding hydrogens is 256 g/mol. The van der Waals surface area contributed by atoms with Crippen LogP contribution < -0.4 is 5.73 Å². The van der Waals surface area contributed by atoms with Gasteiger partial charge in [0.2, 0.25) is 5.91 Å². The number of hydrogen-bond acceptors (Lipinski definition) is 4. The lowest BCUT2D eigenvalue weighted by Crippen LogP contribution is -2.49. The SMILES string of the molecule is COC1CCN(C(=O)[C@@H](N)Cc2ccc(O)cc2)CC1. The summed E-state index contributed by atoms with van der Waals surface area (Å²) in [7, 11) is 1.71. The Bertz CT molecular complexity index is 439. The number of carbonyl (C=O) groups excluding carboxylic acids is 1. The Morgan fingerprint density at radius 3 is 2.55 bits per heavy atom. The Morgan fingerprint density at radius 2 is 2.00 bits per heavy atom. The average molecular weight is 278 g/mol.